The van der Waals surface area contributed by atoms with Gasteiger partial charge in [0, 0.05) is 28.4 Å². The Hall–Kier alpha value is -3.14. The molecule has 2 heterocycles. The summed E-state index contributed by atoms with van der Waals surface area (Å²) in [4.78, 5) is 54.0. The van der Waals surface area contributed by atoms with E-state index in [4.69, 9.17) is 4.74 Å². The first kappa shape index (κ1) is 24.5. The zero-order chi connectivity index (χ0) is 26.5. The molecule has 36 heavy (non-hydrogen) atoms. The normalized spacial score (nSPS) is 29.5. The first-order valence-electron chi connectivity index (χ1n) is 11.7. The second kappa shape index (κ2) is 7.68. The Balaban J connectivity index is 1.90. The third-order valence-electron chi connectivity index (χ3n) is 8.91. The molecule has 1 N–H and O–H groups in total. The third kappa shape index (κ3) is 2.76. The predicted molar refractivity (Wildman–Crippen MR) is 135 cm³/mol. The largest absolute Gasteiger partial charge is 0.504 e. The number of phenols is 1. The van der Waals surface area contributed by atoms with Gasteiger partial charge in [0.2, 0.25) is 0 Å². The van der Waals surface area contributed by atoms with Gasteiger partial charge in [0.05, 0.1) is 25.1 Å². The van der Waals surface area contributed by atoms with Crippen molar-refractivity contribution in [2.24, 2.45) is 17.9 Å². The van der Waals surface area contributed by atoms with Gasteiger partial charge in [0.15, 0.2) is 23.1 Å². The molecule has 1 saturated carbocycles. The van der Waals surface area contributed by atoms with Gasteiger partial charge in [0.25, 0.3) is 0 Å². The van der Waals surface area contributed by atoms with E-state index in [-0.39, 0.29) is 36.0 Å². The number of hydrogen-bond acceptors (Lipinski definition) is 6. The molecule has 2 aliphatic carbocycles. The van der Waals surface area contributed by atoms with E-state index in [0.717, 1.165) is 4.57 Å². The number of nitrogens with zero attached hydrogens (tertiary/aromatic N) is 3. The highest BCUT2D eigenvalue weighted by molar-refractivity contribution is 9.10. The maximum atomic E-state index is 14.1. The Labute approximate surface area is 215 Å². The number of Topliss-reactive ketones (excluding diaryl/α,β-unsaturated/α-hetero) is 2. The molecule has 5 rings (SSSR count). The maximum Gasteiger partial charge on any atom is 0.347 e. The molecule has 0 bridgehead atoms. The molecule has 1 aromatic heterocycles. The fourth-order valence-corrected chi connectivity index (χ4v) is 7.08. The number of carbonyl (C=O) groups excluding carboxylic acids is 2. The number of ketones is 2. The SMILES string of the molecule is COc1cc(Br)cc([C@H]2C3=CCn4c(=O)n(C)c(=O)n4[C@@H]3C[C@@]3(C)C(=O)C(C)=C(C)C(=O)[C@@]23C)c1O. The maximum absolute atomic E-state index is 14.1. The average Bonchev–Trinajstić information content (AvgIpc) is 3.07. The average molecular weight is 558 g/mol. The zero-order valence-electron chi connectivity index (χ0n) is 21.0. The van der Waals surface area contributed by atoms with Crippen molar-refractivity contribution >= 4 is 27.5 Å². The van der Waals surface area contributed by atoms with Crippen molar-refractivity contribution < 1.29 is 19.4 Å². The summed E-state index contributed by atoms with van der Waals surface area (Å²) in [5.41, 5.74) is -1.49. The van der Waals surface area contributed by atoms with Gasteiger partial charge in [-0.25, -0.2) is 23.5 Å². The summed E-state index contributed by atoms with van der Waals surface area (Å²) in [7, 11) is 2.86. The number of halogens is 1. The molecule has 1 aliphatic heterocycles. The van der Waals surface area contributed by atoms with Gasteiger partial charge in [-0.15, -0.1) is 0 Å². The summed E-state index contributed by atoms with van der Waals surface area (Å²) >= 11 is 3.48. The Morgan fingerprint density at radius 2 is 1.69 bits per heavy atom. The molecule has 1 aromatic carbocycles. The van der Waals surface area contributed by atoms with Crippen molar-refractivity contribution in [2.45, 2.75) is 52.6 Å². The van der Waals surface area contributed by atoms with E-state index >= 15 is 0 Å². The standard InChI is InChI=1S/C26H28BrN3O6/c1-12-13(2)22(33)26(4)19(16-9-14(27)10-18(36-6)20(16)31)15-7-8-29-23(34)28(5)24(35)30(29)17(15)11-25(26,3)21(12)32/h7,9-10,17,19,31H,8,11H2,1-6H3/t17-,19-,25+,26-/m1/s1. The molecular formula is C26H28BrN3O6. The fourth-order valence-electron chi connectivity index (χ4n) is 6.62. The summed E-state index contributed by atoms with van der Waals surface area (Å²) < 4.78 is 9.85. The topological polar surface area (TPSA) is 113 Å². The minimum atomic E-state index is -1.26. The minimum Gasteiger partial charge on any atom is -0.504 e. The van der Waals surface area contributed by atoms with E-state index in [1.165, 1.54) is 23.5 Å². The van der Waals surface area contributed by atoms with E-state index < -0.39 is 34.2 Å². The first-order valence-corrected chi connectivity index (χ1v) is 12.5. The molecule has 0 radical (unpaired) electrons. The van der Waals surface area contributed by atoms with Crippen molar-refractivity contribution in [1.82, 2.24) is 13.9 Å². The van der Waals surface area contributed by atoms with Gasteiger partial charge in [-0.05, 0) is 49.1 Å². The van der Waals surface area contributed by atoms with E-state index in [1.54, 1.807) is 39.8 Å². The summed E-state index contributed by atoms with van der Waals surface area (Å²) in [5.74, 6) is -1.02. The Morgan fingerprint density at radius 3 is 2.33 bits per heavy atom. The van der Waals surface area contributed by atoms with Crippen molar-refractivity contribution in [3.63, 3.8) is 0 Å². The summed E-state index contributed by atoms with van der Waals surface area (Å²) in [6.07, 6.45) is 2.02. The first-order chi connectivity index (χ1) is 16.8. The molecule has 9 nitrogen and oxygen atoms in total. The number of rotatable bonds is 2. The Bertz CT molecular complexity index is 1560. The van der Waals surface area contributed by atoms with Crippen molar-refractivity contribution in [3.05, 3.63) is 65.9 Å². The number of fused-ring (bicyclic) bond motifs is 4. The lowest BCUT2D eigenvalue weighted by Gasteiger charge is -2.58. The molecule has 1 fully saturated rings. The van der Waals surface area contributed by atoms with Crippen LogP contribution in [0.4, 0.5) is 0 Å². The molecule has 190 valence electrons. The number of ether oxygens (including phenoxy) is 1. The van der Waals surface area contributed by atoms with Gasteiger partial charge in [-0.3, -0.25) is 9.59 Å². The van der Waals surface area contributed by atoms with E-state index in [1.807, 2.05) is 6.08 Å². The second-order valence-corrected chi connectivity index (χ2v) is 11.3. The van der Waals surface area contributed by atoms with Crippen LogP contribution in [0.3, 0.4) is 0 Å². The van der Waals surface area contributed by atoms with Crippen LogP contribution in [0.5, 0.6) is 11.5 Å². The second-order valence-electron chi connectivity index (χ2n) is 10.4. The highest BCUT2D eigenvalue weighted by atomic mass is 79.9. The molecule has 2 aromatic rings. The molecule has 0 amide bonds. The number of aromatic nitrogens is 3. The van der Waals surface area contributed by atoms with Gasteiger partial charge in [0.1, 0.15) is 0 Å². The number of allylic oxidation sites excluding steroid dienone is 4. The monoisotopic (exact) mass is 557 g/mol. The van der Waals surface area contributed by atoms with Crippen molar-refractivity contribution in [1.29, 1.82) is 0 Å². The number of methoxy groups -OCH3 is 1. The molecule has 0 spiro atoms. The van der Waals surface area contributed by atoms with Gasteiger partial charge in [-0.1, -0.05) is 35.9 Å². The lowest BCUT2D eigenvalue weighted by Crippen LogP contribution is -2.61. The summed E-state index contributed by atoms with van der Waals surface area (Å²) in [6.45, 7) is 7.01. The number of carbonyl (C=O) groups is 2. The van der Waals surface area contributed by atoms with E-state index in [9.17, 15) is 24.3 Å². The highest BCUT2D eigenvalue weighted by Crippen LogP contribution is 2.67. The van der Waals surface area contributed by atoms with Crippen molar-refractivity contribution in [3.8, 4) is 11.5 Å². The number of hydrogen-bond donors (Lipinski definition) is 1. The highest BCUT2D eigenvalue weighted by Gasteiger charge is 2.67. The molecule has 10 heteroatoms. The lowest BCUT2D eigenvalue weighted by molar-refractivity contribution is -0.151. The number of phenolic OH excluding ortho intramolecular Hbond substituents is 1. The van der Waals surface area contributed by atoms with Crippen LogP contribution in [0.15, 0.2) is 49.0 Å². The van der Waals surface area contributed by atoms with Crippen LogP contribution in [-0.2, 0) is 23.2 Å². The summed E-state index contributed by atoms with van der Waals surface area (Å²) in [5, 5.41) is 11.3. The smallest absolute Gasteiger partial charge is 0.347 e. The van der Waals surface area contributed by atoms with Gasteiger partial charge in [-0.2, -0.15) is 0 Å². The molecule has 4 atom stereocenters. The van der Waals surface area contributed by atoms with E-state index in [2.05, 4.69) is 15.9 Å². The number of benzene rings is 1. The van der Waals surface area contributed by atoms with Crippen LogP contribution < -0.4 is 16.1 Å². The van der Waals surface area contributed by atoms with Crippen LogP contribution in [0, 0.1) is 10.8 Å². The Morgan fingerprint density at radius 1 is 1.06 bits per heavy atom. The zero-order valence-corrected chi connectivity index (χ0v) is 22.6. The van der Waals surface area contributed by atoms with Crippen LogP contribution >= 0.6 is 15.9 Å². The molecular weight excluding hydrogens is 530 g/mol. The van der Waals surface area contributed by atoms with Crippen LogP contribution in [-0.4, -0.2) is 37.7 Å². The number of aromatic hydroxyl groups is 1. The molecule has 3 aliphatic rings. The minimum absolute atomic E-state index is 0.131. The van der Waals surface area contributed by atoms with Crippen LogP contribution in [0.2, 0.25) is 0 Å². The van der Waals surface area contributed by atoms with E-state index in [0.29, 0.717) is 26.8 Å². The predicted octanol–water partition coefficient (Wildman–Crippen LogP) is 2.99. The van der Waals surface area contributed by atoms with Gasteiger partial charge < -0.3 is 9.84 Å². The Kier molecular flexibility index (Phi) is 5.24. The third-order valence-corrected chi connectivity index (χ3v) is 9.36. The lowest BCUT2D eigenvalue weighted by atomic mass is 9.43. The quantitative estimate of drug-likeness (QED) is 0.568. The molecule has 0 saturated heterocycles. The fraction of sp³-hybridized carbons (Fsp3) is 0.462. The van der Waals surface area contributed by atoms with Crippen LogP contribution in [0.1, 0.15) is 51.6 Å². The van der Waals surface area contributed by atoms with Crippen LogP contribution in [0.25, 0.3) is 0 Å². The van der Waals surface area contributed by atoms with Crippen molar-refractivity contribution in [2.75, 3.05) is 7.11 Å². The van der Waals surface area contributed by atoms with Gasteiger partial charge >= 0.3 is 11.4 Å². The molecule has 0 unspecified atom stereocenters. The summed E-state index contributed by atoms with van der Waals surface area (Å²) in [6, 6.07) is 2.69.